The van der Waals surface area contributed by atoms with Crippen LogP contribution in [0.4, 0.5) is 0 Å². The van der Waals surface area contributed by atoms with Crippen LogP contribution in [0.3, 0.4) is 0 Å². The zero-order valence-electron chi connectivity index (χ0n) is 11.4. The number of hydrogen-bond donors (Lipinski definition) is 0. The Bertz CT molecular complexity index is 257. The van der Waals surface area contributed by atoms with Crippen LogP contribution in [0.5, 0.6) is 0 Å². The van der Waals surface area contributed by atoms with Crippen molar-refractivity contribution in [1.29, 1.82) is 0 Å². The van der Waals surface area contributed by atoms with Gasteiger partial charge in [0.2, 0.25) is 5.91 Å². The molecule has 0 saturated heterocycles. The summed E-state index contributed by atoms with van der Waals surface area (Å²) in [6.45, 7) is 0.752. The normalized spacial score (nSPS) is 22.9. The summed E-state index contributed by atoms with van der Waals surface area (Å²) in [5, 5.41) is 0. The Hall–Kier alpha value is -0.240. The van der Waals surface area contributed by atoms with E-state index < -0.39 is 0 Å². The van der Waals surface area contributed by atoms with Crippen LogP contribution in [-0.4, -0.2) is 29.3 Å². The van der Waals surface area contributed by atoms with Crippen LogP contribution >= 0.6 is 11.6 Å². The highest BCUT2D eigenvalue weighted by atomic mass is 35.5. The molecule has 2 aliphatic rings. The lowest BCUT2D eigenvalue weighted by molar-refractivity contribution is -0.140. The van der Waals surface area contributed by atoms with Gasteiger partial charge in [0.1, 0.15) is 0 Å². The summed E-state index contributed by atoms with van der Waals surface area (Å²) < 4.78 is 0. The molecule has 0 atom stereocenters. The first-order chi connectivity index (χ1) is 8.83. The van der Waals surface area contributed by atoms with Gasteiger partial charge in [-0.1, -0.05) is 32.1 Å². The van der Waals surface area contributed by atoms with Gasteiger partial charge in [-0.25, -0.2) is 0 Å². The number of hydrogen-bond acceptors (Lipinski definition) is 1. The molecule has 18 heavy (non-hydrogen) atoms. The Morgan fingerprint density at radius 1 is 0.944 bits per heavy atom. The van der Waals surface area contributed by atoms with E-state index in [1.807, 2.05) is 0 Å². The molecule has 2 fully saturated rings. The standard InChI is InChI=1S/C15H26ClNO/c16-11-12-17(14-9-6-10-14)15(18)13-7-4-2-1-3-5-8-13/h13-14H,1-12H2. The summed E-state index contributed by atoms with van der Waals surface area (Å²) in [4.78, 5) is 14.8. The second-order valence-electron chi connectivity index (χ2n) is 5.85. The molecule has 0 aromatic rings. The summed E-state index contributed by atoms with van der Waals surface area (Å²) in [7, 11) is 0. The van der Waals surface area contributed by atoms with Crippen molar-refractivity contribution in [1.82, 2.24) is 4.90 Å². The molecule has 104 valence electrons. The quantitative estimate of drug-likeness (QED) is 0.709. The Morgan fingerprint density at radius 3 is 2.06 bits per heavy atom. The lowest BCUT2D eigenvalue weighted by atomic mass is 9.87. The van der Waals surface area contributed by atoms with E-state index in [0.29, 0.717) is 17.8 Å². The molecule has 0 bridgehead atoms. The number of nitrogens with zero attached hydrogens (tertiary/aromatic N) is 1. The van der Waals surface area contributed by atoms with Gasteiger partial charge in [-0.15, -0.1) is 11.6 Å². The Kier molecular flexibility index (Phi) is 5.81. The molecule has 0 heterocycles. The second kappa shape index (κ2) is 7.37. The van der Waals surface area contributed by atoms with E-state index in [-0.39, 0.29) is 5.92 Å². The number of halogens is 1. The number of carbonyl (C=O) groups excluding carboxylic acids is 1. The number of amides is 1. The summed E-state index contributed by atoms with van der Waals surface area (Å²) in [5.74, 6) is 1.27. The number of alkyl halides is 1. The lowest BCUT2D eigenvalue weighted by Gasteiger charge is -2.39. The number of carbonyl (C=O) groups is 1. The van der Waals surface area contributed by atoms with Crippen LogP contribution in [0, 0.1) is 5.92 Å². The van der Waals surface area contributed by atoms with Gasteiger partial charge in [0.05, 0.1) is 0 Å². The third kappa shape index (κ3) is 3.63. The van der Waals surface area contributed by atoms with Gasteiger partial charge in [-0.2, -0.15) is 0 Å². The molecule has 0 aromatic carbocycles. The second-order valence-corrected chi connectivity index (χ2v) is 6.23. The van der Waals surface area contributed by atoms with Gasteiger partial charge in [0.15, 0.2) is 0 Å². The Balaban J connectivity index is 1.92. The Labute approximate surface area is 116 Å². The molecular formula is C15H26ClNO. The zero-order chi connectivity index (χ0) is 12.8. The maximum atomic E-state index is 12.7. The predicted octanol–water partition coefficient (Wildman–Crippen LogP) is 3.97. The minimum Gasteiger partial charge on any atom is -0.338 e. The van der Waals surface area contributed by atoms with Crippen LogP contribution in [0.1, 0.15) is 64.2 Å². The average molecular weight is 272 g/mol. The molecule has 0 spiro atoms. The van der Waals surface area contributed by atoms with Crippen LogP contribution in [0.15, 0.2) is 0 Å². The van der Waals surface area contributed by atoms with Gasteiger partial charge in [-0.05, 0) is 32.1 Å². The van der Waals surface area contributed by atoms with E-state index in [1.54, 1.807) is 0 Å². The van der Waals surface area contributed by atoms with E-state index in [4.69, 9.17) is 11.6 Å². The summed E-state index contributed by atoms with van der Waals surface area (Å²) >= 11 is 5.87. The highest BCUT2D eigenvalue weighted by Crippen LogP contribution is 2.29. The molecule has 0 radical (unpaired) electrons. The van der Waals surface area contributed by atoms with Gasteiger partial charge in [0, 0.05) is 24.4 Å². The SMILES string of the molecule is O=C(C1CCCCCCC1)N(CCCl)C1CCC1. The smallest absolute Gasteiger partial charge is 0.225 e. The van der Waals surface area contributed by atoms with Crippen LogP contribution in [-0.2, 0) is 4.79 Å². The molecular weight excluding hydrogens is 246 g/mol. The maximum Gasteiger partial charge on any atom is 0.225 e. The molecule has 2 saturated carbocycles. The lowest BCUT2D eigenvalue weighted by Crippen LogP contribution is -2.47. The van der Waals surface area contributed by atoms with Crippen LogP contribution in [0.2, 0.25) is 0 Å². The highest BCUT2D eigenvalue weighted by molar-refractivity contribution is 6.18. The fraction of sp³-hybridized carbons (Fsp3) is 0.933. The van der Waals surface area contributed by atoms with Crippen molar-refractivity contribution in [3.63, 3.8) is 0 Å². The van der Waals surface area contributed by atoms with E-state index in [9.17, 15) is 4.79 Å². The van der Waals surface area contributed by atoms with Gasteiger partial charge in [0.25, 0.3) is 0 Å². The molecule has 2 rings (SSSR count). The summed E-state index contributed by atoms with van der Waals surface area (Å²) in [6.07, 6.45) is 12.3. The van der Waals surface area contributed by atoms with E-state index in [1.165, 1.54) is 51.4 Å². The third-order valence-electron chi connectivity index (χ3n) is 4.58. The van der Waals surface area contributed by atoms with Crippen molar-refractivity contribution >= 4 is 17.5 Å². The van der Waals surface area contributed by atoms with Gasteiger partial charge < -0.3 is 4.90 Å². The van der Waals surface area contributed by atoms with E-state index in [2.05, 4.69) is 4.90 Å². The highest BCUT2D eigenvalue weighted by Gasteiger charge is 2.32. The number of rotatable bonds is 4. The summed E-state index contributed by atoms with van der Waals surface area (Å²) in [6, 6.07) is 0.502. The first-order valence-corrected chi connectivity index (χ1v) is 8.23. The van der Waals surface area contributed by atoms with Crippen molar-refractivity contribution in [2.75, 3.05) is 12.4 Å². The molecule has 2 aliphatic carbocycles. The fourth-order valence-electron chi connectivity index (χ4n) is 3.20. The topological polar surface area (TPSA) is 20.3 Å². The minimum atomic E-state index is 0.286. The maximum absolute atomic E-state index is 12.7. The minimum absolute atomic E-state index is 0.286. The summed E-state index contributed by atoms with van der Waals surface area (Å²) in [5.41, 5.74) is 0. The van der Waals surface area contributed by atoms with Crippen molar-refractivity contribution in [2.24, 2.45) is 5.92 Å². The largest absolute Gasteiger partial charge is 0.338 e. The Morgan fingerprint density at radius 2 is 1.56 bits per heavy atom. The van der Waals surface area contributed by atoms with Crippen LogP contribution < -0.4 is 0 Å². The first-order valence-electron chi connectivity index (χ1n) is 7.69. The zero-order valence-corrected chi connectivity index (χ0v) is 12.1. The van der Waals surface area contributed by atoms with Crippen molar-refractivity contribution < 1.29 is 4.79 Å². The molecule has 2 nitrogen and oxygen atoms in total. The molecule has 0 aromatic heterocycles. The first kappa shape index (κ1) is 14.2. The fourth-order valence-corrected chi connectivity index (χ4v) is 3.38. The molecule has 0 unspecified atom stereocenters. The van der Waals surface area contributed by atoms with Crippen molar-refractivity contribution in [3.05, 3.63) is 0 Å². The van der Waals surface area contributed by atoms with E-state index in [0.717, 1.165) is 19.4 Å². The van der Waals surface area contributed by atoms with Gasteiger partial charge in [-0.3, -0.25) is 4.79 Å². The predicted molar refractivity (Wildman–Crippen MR) is 75.9 cm³/mol. The van der Waals surface area contributed by atoms with Crippen LogP contribution in [0.25, 0.3) is 0 Å². The molecule has 3 heteroatoms. The third-order valence-corrected chi connectivity index (χ3v) is 4.75. The molecule has 0 N–H and O–H groups in total. The monoisotopic (exact) mass is 271 g/mol. The van der Waals surface area contributed by atoms with Crippen molar-refractivity contribution in [2.45, 2.75) is 70.3 Å². The van der Waals surface area contributed by atoms with Gasteiger partial charge >= 0.3 is 0 Å². The average Bonchev–Trinajstić information content (AvgIpc) is 2.25. The van der Waals surface area contributed by atoms with E-state index >= 15 is 0 Å². The van der Waals surface area contributed by atoms with Crippen molar-refractivity contribution in [3.8, 4) is 0 Å². The molecule has 0 aliphatic heterocycles. The molecule has 1 amide bonds.